The van der Waals surface area contributed by atoms with Crippen LogP contribution in [0.1, 0.15) is 58.8 Å². The van der Waals surface area contributed by atoms with E-state index in [0.29, 0.717) is 25.3 Å². The molecule has 16 heavy (non-hydrogen) atoms. The average Bonchev–Trinajstić information content (AvgIpc) is 2.49. The molecule has 0 heterocycles. The second-order valence-corrected chi connectivity index (χ2v) is 5.09. The summed E-state index contributed by atoms with van der Waals surface area (Å²) in [4.78, 5) is 0. The van der Waals surface area contributed by atoms with Crippen molar-refractivity contribution in [2.24, 2.45) is 5.92 Å². The summed E-state index contributed by atoms with van der Waals surface area (Å²) < 4.78 is 26.5. The Morgan fingerprint density at radius 1 is 1.25 bits per heavy atom. The van der Waals surface area contributed by atoms with Crippen LogP contribution in [0, 0.1) is 5.92 Å². The number of hydrogen-bond donors (Lipinski definition) is 1. The van der Waals surface area contributed by atoms with Crippen LogP contribution in [0.5, 0.6) is 0 Å². The number of alkyl halides is 2. The zero-order valence-corrected chi connectivity index (χ0v) is 10.6. The molecule has 0 aromatic rings. The van der Waals surface area contributed by atoms with Gasteiger partial charge in [-0.15, -0.1) is 0 Å². The lowest BCUT2D eigenvalue weighted by atomic mass is 9.89. The number of halogens is 2. The Morgan fingerprint density at radius 2 is 2.00 bits per heavy atom. The minimum Gasteiger partial charge on any atom is -0.306 e. The molecule has 2 unspecified atom stereocenters. The number of nitrogens with one attached hydrogen (secondary N) is 1. The molecular formula is C13H25F2N. The Hall–Kier alpha value is -0.180. The first kappa shape index (κ1) is 13.9. The molecule has 0 radical (unpaired) electrons. The second-order valence-electron chi connectivity index (χ2n) is 5.09. The maximum Gasteiger partial charge on any atom is 0.256 e. The van der Waals surface area contributed by atoms with Crippen LogP contribution in [0.15, 0.2) is 0 Å². The maximum absolute atomic E-state index is 13.2. The van der Waals surface area contributed by atoms with Gasteiger partial charge in [0, 0.05) is 0 Å². The van der Waals surface area contributed by atoms with Gasteiger partial charge in [0.15, 0.2) is 0 Å². The first-order chi connectivity index (χ1) is 7.64. The fraction of sp³-hybridized carbons (Fsp3) is 1.00. The van der Waals surface area contributed by atoms with Gasteiger partial charge in [0.1, 0.15) is 0 Å². The lowest BCUT2D eigenvalue weighted by Gasteiger charge is -2.33. The van der Waals surface area contributed by atoms with E-state index in [4.69, 9.17) is 0 Å². The molecule has 1 N–H and O–H groups in total. The van der Waals surface area contributed by atoms with Crippen LogP contribution in [-0.2, 0) is 0 Å². The lowest BCUT2D eigenvalue weighted by Crippen LogP contribution is -2.51. The quantitative estimate of drug-likeness (QED) is 0.708. The topological polar surface area (TPSA) is 12.0 Å². The molecule has 96 valence electrons. The van der Waals surface area contributed by atoms with Crippen LogP contribution in [-0.4, -0.2) is 18.5 Å². The predicted molar refractivity (Wildman–Crippen MR) is 63.9 cm³/mol. The first-order valence-corrected chi connectivity index (χ1v) is 6.67. The maximum atomic E-state index is 13.2. The van der Waals surface area contributed by atoms with Crippen molar-refractivity contribution in [2.45, 2.75) is 70.8 Å². The highest BCUT2D eigenvalue weighted by Crippen LogP contribution is 2.35. The van der Waals surface area contributed by atoms with Crippen molar-refractivity contribution in [3.63, 3.8) is 0 Å². The molecule has 0 aliphatic heterocycles. The van der Waals surface area contributed by atoms with Crippen molar-refractivity contribution in [2.75, 3.05) is 6.54 Å². The van der Waals surface area contributed by atoms with Crippen molar-refractivity contribution in [3.05, 3.63) is 0 Å². The van der Waals surface area contributed by atoms with Crippen molar-refractivity contribution < 1.29 is 8.78 Å². The van der Waals surface area contributed by atoms with Gasteiger partial charge in [0.25, 0.3) is 6.43 Å². The molecule has 0 aromatic heterocycles. The molecule has 1 aliphatic carbocycles. The van der Waals surface area contributed by atoms with Crippen molar-refractivity contribution in [3.8, 4) is 0 Å². The van der Waals surface area contributed by atoms with E-state index in [1.54, 1.807) is 0 Å². The van der Waals surface area contributed by atoms with Gasteiger partial charge in [0.2, 0.25) is 0 Å². The third-order valence-electron chi connectivity index (χ3n) is 3.96. The Bertz CT molecular complexity index is 196. The summed E-state index contributed by atoms with van der Waals surface area (Å²) in [5.41, 5.74) is -0.889. The second kappa shape index (κ2) is 6.53. The summed E-state index contributed by atoms with van der Waals surface area (Å²) in [7, 11) is 0. The van der Waals surface area contributed by atoms with E-state index in [-0.39, 0.29) is 0 Å². The summed E-state index contributed by atoms with van der Waals surface area (Å²) in [6.07, 6.45) is 4.13. The summed E-state index contributed by atoms with van der Waals surface area (Å²) in [5, 5.41) is 3.12. The zero-order chi connectivity index (χ0) is 12.0. The molecule has 0 bridgehead atoms. The summed E-state index contributed by atoms with van der Waals surface area (Å²) in [6, 6.07) is 0. The average molecular weight is 233 g/mol. The minimum absolute atomic E-state index is 0.640. The molecule has 1 fully saturated rings. The third-order valence-corrected chi connectivity index (χ3v) is 3.96. The van der Waals surface area contributed by atoms with Crippen molar-refractivity contribution >= 4 is 0 Å². The van der Waals surface area contributed by atoms with Gasteiger partial charge in [-0.05, 0) is 38.1 Å². The normalized spacial score (nSPS) is 31.7. The Kier molecular flexibility index (Phi) is 5.67. The van der Waals surface area contributed by atoms with Crippen LogP contribution in [0.4, 0.5) is 8.78 Å². The highest BCUT2D eigenvalue weighted by molar-refractivity contribution is 4.93. The highest BCUT2D eigenvalue weighted by atomic mass is 19.3. The predicted octanol–water partition coefficient (Wildman–Crippen LogP) is 3.98. The zero-order valence-electron chi connectivity index (χ0n) is 10.6. The van der Waals surface area contributed by atoms with Gasteiger partial charge in [-0.1, -0.05) is 33.1 Å². The van der Waals surface area contributed by atoms with Crippen molar-refractivity contribution in [1.82, 2.24) is 5.32 Å². The van der Waals surface area contributed by atoms with Gasteiger partial charge in [-0.2, -0.15) is 0 Å². The molecule has 1 rings (SSSR count). The molecule has 1 nitrogen and oxygen atoms in total. The van der Waals surface area contributed by atoms with Crippen LogP contribution >= 0.6 is 0 Å². The summed E-state index contributed by atoms with van der Waals surface area (Å²) in [6.45, 7) is 4.90. The van der Waals surface area contributed by atoms with Gasteiger partial charge in [0.05, 0.1) is 5.54 Å². The van der Waals surface area contributed by atoms with Gasteiger partial charge in [-0.3, -0.25) is 0 Å². The number of rotatable bonds is 5. The highest BCUT2D eigenvalue weighted by Gasteiger charge is 2.40. The Balaban J connectivity index is 2.62. The molecule has 0 amide bonds. The summed E-state index contributed by atoms with van der Waals surface area (Å²) >= 11 is 0. The van der Waals surface area contributed by atoms with Gasteiger partial charge < -0.3 is 5.32 Å². The van der Waals surface area contributed by atoms with Gasteiger partial charge >= 0.3 is 0 Å². The minimum atomic E-state index is -2.23. The SMILES string of the molecule is CCCNC1(C(F)F)CCCC(CC)CC1. The van der Waals surface area contributed by atoms with E-state index >= 15 is 0 Å². The number of hydrogen-bond acceptors (Lipinski definition) is 1. The fourth-order valence-corrected chi connectivity index (χ4v) is 2.69. The van der Waals surface area contributed by atoms with E-state index in [2.05, 4.69) is 12.2 Å². The molecular weight excluding hydrogens is 208 g/mol. The summed E-state index contributed by atoms with van der Waals surface area (Å²) in [5.74, 6) is 0.657. The molecule has 0 spiro atoms. The molecule has 1 aliphatic rings. The van der Waals surface area contributed by atoms with Gasteiger partial charge in [-0.25, -0.2) is 8.78 Å². The van der Waals surface area contributed by atoms with E-state index in [0.717, 1.165) is 32.1 Å². The largest absolute Gasteiger partial charge is 0.306 e. The molecule has 1 saturated carbocycles. The fourth-order valence-electron chi connectivity index (χ4n) is 2.69. The van der Waals surface area contributed by atoms with E-state index in [9.17, 15) is 8.78 Å². The Labute approximate surface area is 98.0 Å². The van der Waals surface area contributed by atoms with E-state index < -0.39 is 12.0 Å². The van der Waals surface area contributed by atoms with Crippen LogP contribution < -0.4 is 5.32 Å². The van der Waals surface area contributed by atoms with Crippen LogP contribution in [0.3, 0.4) is 0 Å². The molecule has 3 heteroatoms. The smallest absolute Gasteiger partial charge is 0.256 e. The van der Waals surface area contributed by atoms with Crippen molar-refractivity contribution in [1.29, 1.82) is 0 Å². The molecule has 0 saturated heterocycles. The standard InChI is InChI=1S/C13H25F2N/c1-3-10-16-13(12(14)15)8-5-6-11(4-2)7-9-13/h11-12,16H,3-10H2,1-2H3. The lowest BCUT2D eigenvalue weighted by molar-refractivity contribution is 0.0194. The monoisotopic (exact) mass is 233 g/mol. The van der Waals surface area contributed by atoms with E-state index in [1.807, 2.05) is 6.92 Å². The first-order valence-electron chi connectivity index (χ1n) is 6.67. The third kappa shape index (κ3) is 3.41. The van der Waals surface area contributed by atoms with E-state index in [1.165, 1.54) is 0 Å². The van der Waals surface area contributed by atoms with Crippen LogP contribution in [0.2, 0.25) is 0 Å². The molecule has 2 atom stereocenters. The Morgan fingerprint density at radius 3 is 2.56 bits per heavy atom. The molecule has 0 aromatic carbocycles. The van der Waals surface area contributed by atoms with Crippen LogP contribution in [0.25, 0.3) is 0 Å².